The minimum absolute atomic E-state index is 0.0975. The van der Waals surface area contributed by atoms with Crippen LogP contribution in [0.25, 0.3) is 0 Å². The third-order valence-corrected chi connectivity index (χ3v) is 2.69. The Morgan fingerprint density at radius 1 is 1.94 bits per heavy atom. The number of hydrogen-bond acceptors (Lipinski definition) is 3. The Hall–Kier alpha value is -1.32. The molecule has 88 valence electrons. The molecule has 0 N–H and O–H groups in total. The van der Waals surface area contributed by atoms with Gasteiger partial charge in [0.2, 0.25) is 0 Å². The maximum atomic E-state index is 11.9. The van der Waals surface area contributed by atoms with Crippen molar-refractivity contribution in [1.82, 2.24) is 9.55 Å². The summed E-state index contributed by atoms with van der Waals surface area (Å²) >= 11 is 0. The van der Waals surface area contributed by atoms with Crippen LogP contribution in [-0.4, -0.2) is 22.1 Å². The van der Waals surface area contributed by atoms with Gasteiger partial charge in [-0.25, -0.2) is 4.98 Å². The molecule has 1 aliphatic rings. The molecule has 0 unspecified atom stereocenters. The smallest absolute Gasteiger partial charge is 0.309 e. The Balaban J connectivity index is 2.67. The number of cyclic esters (lactones) is 1. The molecule has 1 aromatic heterocycles. The Morgan fingerprint density at radius 2 is 2.69 bits per heavy atom. The number of carbonyl (C=O) groups excluding carboxylic acids is 1. The van der Waals surface area contributed by atoms with Crippen LogP contribution < -0.4 is 0 Å². The lowest BCUT2D eigenvalue weighted by atomic mass is 9.89. The molecule has 0 saturated carbocycles. The highest BCUT2D eigenvalue weighted by Crippen LogP contribution is 2.28. The van der Waals surface area contributed by atoms with Crippen LogP contribution in [0.1, 0.15) is 33.1 Å². The predicted octanol–water partition coefficient (Wildman–Crippen LogP) is 1.47. The van der Waals surface area contributed by atoms with Gasteiger partial charge in [-0.05, 0) is 19.7 Å². The topological polar surface area (TPSA) is 44.1 Å². The number of ether oxygens (including phenoxy) is 1. The zero-order valence-corrected chi connectivity index (χ0v) is 9.50. The number of aryl methyl sites for hydroxylation is 1. The fraction of sp³-hybridized carbons (Fsp3) is 0.667. The van der Waals surface area contributed by atoms with Crippen molar-refractivity contribution >= 4 is 5.97 Å². The molecule has 0 aliphatic carbocycles. The van der Waals surface area contributed by atoms with Crippen molar-refractivity contribution in [2.75, 3.05) is 6.56 Å². The average Bonchev–Trinajstić information content (AvgIpc) is 2.71. The summed E-state index contributed by atoms with van der Waals surface area (Å²) in [7, 11) is 1.51. The largest absolute Gasteiger partial charge is 0.465 e. The molecule has 0 aromatic carbocycles. The summed E-state index contributed by atoms with van der Waals surface area (Å²) in [6.45, 7) is 0.466. The summed E-state index contributed by atoms with van der Waals surface area (Å²) in [5, 5.41) is 0. The fourth-order valence-corrected chi connectivity index (χ4v) is 1.54. The molecule has 1 aliphatic heterocycles. The van der Waals surface area contributed by atoms with Gasteiger partial charge in [0.05, 0.1) is 16.6 Å². The van der Waals surface area contributed by atoms with Gasteiger partial charge in [0.25, 0.3) is 0 Å². The monoisotopic (exact) mass is 228 g/mol. The Morgan fingerprint density at radius 3 is 3.25 bits per heavy atom. The maximum Gasteiger partial charge on any atom is 0.309 e. The molecule has 1 aromatic rings. The summed E-state index contributed by atoms with van der Waals surface area (Å²) in [4.78, 5) is 15.8. The molecule has 1 fully saturated rings. The van der Waals surface area contributed by atoms with Crippen molar-refractivity contribution in [3.8, 4) is 0 Å². The summed E-state index contributed by atoms with van der Waals surface area (Å²) in [6.07, 6.45) is -2.90. The lowest BCUT2D eigenvalue weighted by Crippen LogP contribution is -2.18. The first-order chi connectivity index (χ1) is 9.89. The van der Waals surface area contributed by atoms with Crippen LogP contribution in [-0.2, 0) is 23.0 Å². The van der Waals surface area contributed by atoms with Crippen molar-refractivity contribution in [2.24, 2.45) is 18.9 Å². The first kappa shape index (κ1) is 5.84. The minimum atomic E-state index is -2.64. The van der Waals surface area contributed by atoms with Gasteiger partial charge in [-0.15, -0.1) is 0 Å². The fourth-order valence-electron chi connectivity index (χ4n) is 1.54. The Bertz CT molecular complexity index is 629. The summed E-state index contributed by atoms with van der Waals surface area (Å²) in [5.41, 5.74) is -0.165. The number of hydrogen-bond donors (Lipinski definition) is 0. The number of carbonyl (C=O) groups is 1. The van der Waals surface area contributed by atoms with E-state index in [4.69, 9.17) is 8.22 Å². The molecule has 2 atom stereocenters. The predicted molar refractivity (Wildman–Crippen MR) is 59.9 cm³/mol. The highest BCUT2D eigenvalue weighted by molar-refractivity contribution is 5.74. The second kappa shape index (κ2) is 4.28. The first-order valence-electron chi connectivity index (χ1n) is 8.13. The zero-order chi connectivity index (χ0) is 17.1. The van der Waals surface area contributed by atoms with Gasteiger partial charge in [0.15, 0.2) is 0 Å². The third kappa shape index (κ3) is 1.84. The standard InChI is InChI=1S/C12H18N2O2/c1-4-11-9(7-16-12(11)15)5-10-6-13-8(2)14(10)3/h6,9,11H,4-5,7H2,1-3H3/t9-,11-/m0/s1/i5D2,6D,7D2,11D. The van der Waals surface area contributed by atoms with Gasteiger partial charge in [-0.2, -0.15) is 0 Å². The van der Waals surface area contributed by atoms with Gasteiger partial charge in [0.1, 0.15) is 5.82 Å². The molecule has 0 radical (unpaired) electrons. The van der Waals surface area contributed by atoms with E-state index >= 15 is 0 Å². The van der Waals surface area contributed by atoms with E-state index in [1.54, 1.807) is 6.92 Å². The number of aromatic nitrogens is 2. The second-order valence-electron chi connectivity index (χ2n) is 3.64. The number of imidazole rings is 1. The summed E-state index contributed by atoms with van der Waals surface area (Å²) in [6, 6.07) is 0. The van der Waals surface area contributed by atoms with E-state index in [2.05, 4.69) is 9.72 Å². The van der Waals surface area contributed by atoms with E-state index in [0.717, 1.165) is 0 Å². The van der Waals surface area contributed by atoms with Gasteiger partial charge < -0.3 is 9.30 Å². The number of esters is 1. The van der Waals surface area contributed by atoms with Crippen LogP contribution in [0.3, 0.4) is 0 Å². The second-order valence-corrected chi connectivity index (χ2v) is 3.64. The number of rotatable bonds is 3. The van der Waals surface area contributed by atoms with Crippen molar-refractivity contribution in [2.45, 2.75) is 26.6 Å². The SMILES string of the molecule is [2H]c1nc(C)n(C)c1C([2H])([2H])[C@H]1C([2H])([2H])OC(=O)[C@@]1([2H])CC. The van der Waals surface area contributed by atoms with Gasteiger partial charge >= 0.3 is 5.97 Å². The molecule has 2 rings (SSSR count). The quantitative estimate of drug-likeness (QED) is 0.736. The van der Waals surface area contributed by atoms with Crippen LogP contribution in [0.4, 0.5) is 0 Å². The third-order valence-electron chi connectivity index (χ3n) is 2.69. The van der Waals surface area contributed by atoms with Gasteiger partial charge in [-0.1, -0.05) is 6.92 Å². The molecule has 2 heterocycles. The molecule has 1 saturated heterocycles. The maximum absolute atomic E-state index is 11.9. The van der Waals surface area contributed by atoms with Gasteiger partial charge in [0, 0.05) is 28.9 Å². The highest BCUT2D eigenvalue weighted by Gasteiger charge is 2.35. The molecular weight excluding hydrogens is 204 g/mol. The minimum Gasteiger partial charge on any atom is -0.465 e. The van der Waals surface area contributed by atoms with Gasteiger partial charge in [-0.3, -0.25) is 4.79 Å². The van der Waals surface area contributed by atoms with E-state index in [0.29, 0.717) is 5.82 Å². The van der Waals surface area contributed by atoms with Crippen molar-refractivity contribution in [3.63, 3.8) is 0 Å². The summed E-state index contributed by atoms with van der Waals surface area (Å²) < 4.78 is 54.5. The lowest BCUT2D eigenvalue weighted by molar-refractivity contribution is -0.141. The van der Waals surface area contributed by atoms with Crippen LogP contribution in [0.2, 0.25) is 0 Å². The molecule has 0 bridgehead atoms. The van der Waals surface area contributed by atoms with E-state index < -0.39 is 30.7 Å². The molecule has 16 heavy (non-hydrogen) atoms. The van der Waals surface area contributed by atoms with E-state index in [1.807, 2.05) is 0 Å². The lowest BCUT2D eigenvalue weighted by Gasteiger charge is -2.13. The van der Waals surface area contributed by atoms with Crippen LogP contribution in [0.15, 0.2) is 6.17 Å². The number of nitrogens with zero attached hydrogens (tertiary/aromatic N) is 2. The average molecular weight is 228 g/mol. The first-order valence-corrected chi connectivity index (χ1v) is 5.13. The van der Waals surface area contributed by atoms with Crippen LogP contribution in [0.5, 0.6) is 0 Å². The van der Waals surface area contributed by atoms with Crippen molar-refractivity contribution in [1.29, 1.82) is 0 Å². The van der Waals surface area contributed by atoms with E-state index in [-0.39, 0.29) is 18.3 Å². The Kier molecular flexibility index (Phi) is 1.56. The van der Waals surface area contributed by atoms with Crippen molar-refractivity contribution in [3.05, 3.63) is 17.7 Å². The normalized spacial score (nSPS) is 38.9. The van der Waals surface area contributed by atoms with Crippen LogP contribution >= 0.6 is 0 Å². The van der Waals surface area contributed by atoms with E-state index in [9.17, 15) is 4.79 Å². The highest BCUT2D eigenvalue weighted by atomic mass is 16.5. The zero-order valence-electron chi connectivity index (χ0n) is 15.5. The van der Waals surface area contributed by atoms with E-state index in [1.165, 1.54) is 18.5 Å². The Labute approximate surface area is 104 Å². The van der Waals surface area contributed by atoms with Crippen molar-refractivity contribution < 1.29 is 17.8 Å². The molecule has 0 amide bonds. The summed E-state index contributed by atoms with van der Waals surface area (Å²) in [5.74, 6) is -4.46. The molecular formula is C12H18N2O2. The molecule has 4 nitrogen and oxygen atoms in total. The molecule has 4 heteroatoms. The molecule has 0 spiro atoms. The van der Waals surface area contributed by atoms with Crippen LogP contribution in [0, 0.1) is 18.7 Å².